The molecule has 0 saturated heterocycles. The fourth-order valence-corrected chi connectivity index (χ4v) is 1.70. The van der Waals surface area contributed by atoms with Gasteiger partial charge < -0.3 is 10.1 Å². The van der Waals surface area contributed by atoms with Crippen molar-refractivity contribution in [3.63, 3.8) is 0 Å². The lowest BCUT2D eigenvalue weighted by Gasteiger charge is -1.96. The Bertz CT molecular complexity index is 299. The topological polar surface area (TPSA) is 51.2 Å². The maximum atomic E-state index is 11.4. The number of ketones is 1. The summed E-state index contributed by atoms with van der Waals surface area (Å²) < 4.78 is 5.02. The highest BCUT2D eigenvalue weighted by molar-refractivity contribution is 7.11. The van der Waals surface area contributed by atoms with E-state index in [2.05, 4.69) is 10.3 Å². The van der Waals surface area contributed by atoms with Crippen molar-refractivity contribution in [1.82, 2.24) is 10.3 Å². The second-order valence-corrected chi connectivity index (χ2v) is 3.59. The predicted octanol–water partition coefficient (Wildman–Crippen LogP) is 1.08. The van der Waals surface area contributed by atoms with Crippen molar-refractivity contribution >= 4 is 17.1 Å². The maximum Gasteiger partial charge on any atom is 0.216 e. The minimum atomic E-state index is -0.0424. The Morgan fingerprint density at radius 3 is 3.14 bits per heavy atom. The predicted molar refractivity (Wildman–Crippen MR) is 55.7 cm³/mol. The van der Waals surface area contributed by atoms with Crippen LogP contribution < -0.4 is 5.32 Å². The molecule has 5 heteroatoms. The van der Waals surface area contributed by atoms with Crippen molar-refractivity contribution in [3.8, 4) is 0 Å². The molecule has 0 saturated carbocycles. The number of hydrogen-bond donors (Lipinski definition) is 1. The second-order valence-electron chi connectivity index (χ2n) is 2.73. The molecule has 0 unspecified atom stereocenters. The molecule has 0 bridgehead atoms. The molecule has 1 aromatic rings. The van der Waals surface area contributed by atoms with Gasteiger partial charge in [0, 0.05) is 18.5 Å². The lowest BCUT2D eigenvalue weighted by Crippen LogP contribution is -2.10. The monoisotopic (exact) mass is 214 g/mol. The van der Waals surface area contributed by atoms with Crippen LogP contribution >= 0.6 is 11.3 Å². The fourth-order valence-electron chi connectivity index (χ4n) is 0.954. The summed E-state index contributed by atoms with van der Waals surface area (Å²) in [6, 6.07) is 0. The Balaban J connectivity index is 2.53. The van der Waals surface area contributed by atoms with Gasteiger partial charge in [-0.25, -0.2) is 4.98 Å². The van der Waals surface area contributed by atoms with Crippen molar-refractivity contribution in [1.29, 1.82) is 0 Å². The first-order valence-electron chi connectivity index (χ1n) is 4.47. The third-order valence-electron chi connectivity index (χ3n) is 1.59. The average molecular weight is 214 g/mol. The van der Waals surface area contributed by atoms with Crippen LogP contribution in [0.25, 0.3) is 0 Å². The Morgan fingerprint density at radius 2 is 2.50 bits per heavy atom. The van der Waals surface area contributed by atoms with Gasteiger partial charge in [-0.3, -0.25) is 4.79 Å². The van der Waals surface area contributed by atoms with Gasteiger partial charge in [0.1, 0.15) is 6.61 Å². The number of nitrogens with zero attached hydrogens (tertiary/aromatic N) is 1. The molecule has 1 rings (SSSR count). The van der Waals surface area contributed by atoms with Crippen LogP contribution in [0.3, 0.4) is 0 Å². The van der Waals surface area contributed by atoms with E-state index in [0.29, 0.717) is 18.2 Å². The maximum absolute atomic E-state index is 11.4. The van der Waals surface area contributed by atoms with Crippen LogP contribution in [-0.4, -0.2) is 31.0 Å². The highest BCUT2D eigenvalue weighted by Gasteiger charge is 2.10. The minimum Gasteiger partial charge on any atom is -0.373 e. The molecule has 0 radical (unpaired) electrons. The van der Waals surface area contributed by atoms with Crippen LogP contribution in [0.4, 0.5) is 0 Å². The first-order chi connectivity index (χ1) is 6.77. The number of ether oxygens (including phenoxy) is 1. The molecular formula is C9H14N2O2S. The molecule has 4 nitrogen and oxygen atoms in total. The van der Waals surface area contributed by atoms with E-state index in [4.69, 9.17) is 4.74 Å². The number of carbonyl (C=O) groups excluding carboxylic acids is 1. The summed E-state index contributed by atoms with van der Waals surface area (Å²) in [7, 11) is 1.85. The summed E-state index contributed by atoms with van der Waals surface area (Å²) in [5.41, 5.74) is 0.900. The number of aromatic nitrogens is 1. The lowest BCUT2D eigenvalue weighted by atomic mass is 10.4. The minimum absolute atomic E-state index is 0.0424. The molecule has 0 spiro atoms. The fraction of sp³-hybridized carbons (Fsp3) is 0.556. The van der Waals surface area contributed by atoms with Gasteiger partial charge in [-0.05, 0) is 14.0 Å². The molecule has 0 aliphatic carbocycles. The van der Waals surface area contributed by atoms with Gasteiger partial charge in [-0.1, -0.05) is 0 Å². The molecule has 0 fully saturated rings. The zero-order chi connectivity index (χ0) is 10.4. The molecule has 0 atom stereocenters. The molecule has 0 amide bonds. The van der Waals surface area contributed by atoms with E-state index in [1.54, 1.807) is 0 Å². The summed E-state index contributed by atoms with van der Waals surface area (Å²) in [5, 5.41) is 5.40. The Kier molecular flexibility index (Phi) is 4.72. The Labute approximate surface area is 87.3 Å². The smallest absolute Gasteiger partial charge is 0.216 e. The SMILES string of the molecule is CCOCC(=O)c1nc(CNC)cs1. The van der Waals surface area contributed by atoms with E-state index < -0.39 is 0 Å². The van der Waals surface area contributed by atoms with Crippen LogP contribution in [0.5, 0.6) is 0 Å². The molecule has 0 aromatic carbocycles. The molecule has 1 heterocycles. The van der Waals surface area contributed by atoms with Crippen molar-refractivity contribution < 1.29 is 9.53 Å². The van der Waals surface area contributed by atoms with Gasteiger partial charge in [0.15, 0.2) is 5.01 Å². The van der Waals surface area contributed by atoms with Crippen LogP contribution in [0.2, 0.25) is 0 Å². The van der Waals surface area contributed by atoms with Gasteiger partial charge in [0.2, 0.25) is 5.78 Å². The van der Waals surface area contributed by atoms with Crippen molar-refractivity contribution in [2.24, 2.45) is 0 Å². The molecule has 1 N–H and O–H groups in total. The van der Waals surface area contributed by atoms with E-state index in [1.165, 1.54) is 11.3 Å². The van der Waals surface area contributed by atoms with E-state index in [0.717, 1.165) is 5.69 Å². The molecule has 1 aromatic heterocycles. The molecule has 0 aliphatic rings. The summed E-state index contributed by atoms with van der Waals surface area (Å²) in [6.07, 6.45) is 0. The number of thiazole rings is 1. The van der Waals surface area contributed by atoms with Gasteiger partial charge in [0.05, 0.1) is 5.69 Å². The number of rotatable bonds is 6. The van der Waals surface area contributed by atoms with Crippen molar-refractivity contribution in [2.75, 3.05) is 20.3 Å². The van der Waals surface area contributed by atoms with E-state index in [1.807, 2.05) is 19.4 Å². The summed E-state index contributed by atoms with van der Waals surface area (Å²) >= 11 is 1.37. The molecule has 14 heavy (non-hydrogen) atoms. The van der Waals surface area contributed by atoms with Crippen LogP contribution in [0, 0.1) is 0 Å². The van der Waals surface area contributed by atoms with Gasteiger partial charge >= 0.3 is 0 Å². The van der Waals surface area contributed by atoms with E-state index in [-0.39, 0.29) is 12.4 Å². The number of hydrogen-bond acceptors (Lipinski definition) is 5. The zero-order valence-corrected chi connectivity index (χ0v) is 9.19. The first-order valence-corrected chi connectivity index (χ1v) is 5.35. The molecule has 78 valence electrons. The average Bonchev–Trinajstić information content (AvgIpc) is 2.63. The van der Waals surface area contributed by atoms with E-state index in [9.17, 15) is 4.79 Å². The summed E-state index contributed by atoms with van der Waals surface area (Å²) in [6.45, 7) is 3.24. The number of nitrogens with one attached hydrogen (secondary N) is 1. The third kappa shape index (κ3) is 3.17. The van der Waals surface area contributed by atoms with Crippen LogP contribution in [-0.2, 0) is 11.3 Å². The van der Waals surface area contributed by atoms with Gasteiger partial charge in [-0.2, -0.15) is 0 Å². The largest absolute Gasteiger partial charge is 0.373 e. The van der Waals surface area contributed by atoms with Crippen LogP contribution in [0.15, 0.2) is 5.38 Å². The molecule has 0 aliphatic heterocycles. The zero-order valence-electron chi connectivity index (χ0n) is 8.37. The highest BCUT2D eigenvalue weighted by atomic mass is 32.1. The van der Waals surface area contributed by atoms with E-state index >= 15 is 0 Å². The third-order valence-corrected chi connectivity index (χ3v) is 2.52. The lowest BCUT2D eigenvalue weighted by molar-refractivity contribution is 0.0783. The standard InChI is InChI=1S/C9H14N2O2S/c1-3-13-5-8(12)9-11-7(4-10-2)6-14-9/h6,10H,3-5H2,1-2H3. The Morgan fingerprint density at radius 1 is 1.71 bits per heavy atom. The Hall–Kier alpha value is -0.780. The van der Waals surface area contributed by atoms with Crippen molar-refractivity contribution in [3.05, 3.63) is 16.1 Å². The van der Waals surface area contributed by atoms with Crippen molar-refractivity contribution in [2.45, 2.75) is 13.5 Å². The number of Topliss-reactive ketones (excluding diaryl/α,β-unsaturated/α-hetero) is 1. The van der Waals surface area contributed by atoms with Crippen LogP contribution in [0.1, 0.15) is 22.4 Å². The quantitative estimate of drug-likeness (QED) is 0.720. The first kappa shape index (κ1) is 11.3. The second kappa shape index (κ2) is 5.85. The number of carbonyl (C=O) groups is 1. The highest BCUT2D eigenvalue weighted by Crippen LogP contribution is 2.10. The summed E-state index contributed by atoms with van der Waals surface area (Å²) in [5.74, 6) is -0.0424. The van der Waals surface area contributed by atoms with Gasteiger partial charge in [0.25, 0.3) is 0 Å². The summed E-state index contributed by atoms with van der Waals surface area (Å²) in [4.78, 5) is 15.6. The molecular weight excluding hydrogens is 200 g/mol. The normalized spacial score (nSPS) is 10.4. The van der Waals surface area contributed by atoms with Gasteiger partial charge in [-0.15, -0.1) is 11.3 Å².